The van der Waals surface area contributed by atoms with Crippen molar-refractivity contribution < 1.29 is 49.2 Å². The standard InChI is InChI=1S/C21H14F7N3O4S/c22-14-8-15(17(24)18(25)16(14)23)36(34,35)31(9-11-3-5-12(6-4-11)20(32)30-33)10-13-2-1-7-29-19(13)21(26,27)28/h1-8,33H,9-10H2,(H,30,32). The number of carbonyl (C=O) groups excluding carboxylic acids is 1. The molecule has 3 aromatic rings. The second-order valence-corrected chi connectivity index (χ2v) is 9.12. The van der Waals surface area contributed by atoms with E-state index in [2.05, 4.69) is 4.98 Å². The van der Waals surface area contributed by atoms with Gasteiger partial charge in [0.15, 0.2) is 23.3 Å². The predicted octanol–water partition coefficient (Wildman–Crippen LogP) is 4.17. The highest BCUT2D eigenvalue weighted by Crippen LogP contribution is 2.33. The van der Waals surface area contributed by atoms with Gasteiger partial charge in [0.25, 0.3) is 5.91 Å². The first-order valence-corrected chi connectivity index (χ1v) is 11.1. The quantitative estimate of drug-likeness (QED) is 0.155. The number of hydrogen-bond donors (Lipinski definition) is 2. The van der Waals surface area contributed by atoms with Gasteiger partial charge in [-0.1, -0.05) is 18.2 Å². The summed E-state index contributed by atoms with van der Waals surface area (Å²) in [5, 5.41) is 8.67. The van der Waals surface area contributed by atoms with E-state index in [4.69, 9.17) is 5.21 Å². The van der Waals surface area contributed by atoms with Crippen LogP contribution in [0.4, 0.5) is 30.7 Å². The number of sulfonamides is 1. The summed E-state index contributed by atoms with van der Waals surface area (Å²) in [5.74, 6) is -9.93. The van der Waals surface area contributed by atoms with E-state index in [0.717, 1.165) is 30.5 Å². The summed E-state index contributed by atoms with van der Waals surface area (Å²) in [5.41, 5.74) is -0.797. The molecule has 1 heterocycles. The van der Waals surface area contributed by atoms with Gasteiger partial charge < -0.3 is 0 Å². The normalized spacial score (nSPS) is 12.1. The van der Waals surface area contributed by atoms with Gasteiger partial charge in [0.1, 0.15) is 10.6 Å². The molecule has 0 aliphatic heterocycles. The lowest BCUT2D eigenvalue weighted by molar-refractivity contribution is -0.142. The van der Waals surface area contributed by atoms with Crippen molar-refractivity contribution in [3.05, 3.63) is 94.3 Å². The number of aromatic nitrogens is 1. The number of hydroxylamine groups is 1. The number of nitrogens with zero attached hydrogens (tertiary/aromatic N) is 2. The van der Waals surface area contributed by atoms with E-state index in [1.165, 1.54) is 17.6 Å². The van der Waals surface area contributed by atoms with Crippen LogP contribution < -0.4 is 5.48 Å². The van der Waals surface area contributed by atoms with Crippen molar-refractivity contribution in [3.63, 3.8) is 0 Å². The van der Waals surface area contributed by atoms with Crippen LogP contribution in [-0.4, -0.2) is 28.8 Å². The molecule has 1 amide bonds. The van der Waals surface area contributed by atoms with Crippen LogP contribution in [0.1, 0.15) is 27.2 Å². The summed E-state index contributed by atoms with van der Waals surface area (Å²) in [6.07, 6.45) is -4.20. The molecule has 0 fully saturated rings. The molecule has 7 nitrogen and oxygen atoms in total. The predicted molar refractivity (Wildman–Crippen MR) is 108 cm³/mol. The van der Waals surface area contributed by atoms with Crippen LogP contribution in [0.3, 0.4) is 0 Å². The maximum absolute atomic E-state index is 14.4. The molecule has 1 aromatic heterocycles. The largest absolute Gasteiger partial charge is 0.433 e. The molecule has 0 atom stereocenters. The van der Waals surface area contributed by atoms with E-state index in [1.54, 1.807) is 0 Å². The molecule has 0 unspecified atom stereocenters. The Labute approximate surface area is 198 Å². The first-order valence-electron chi connectivity index (χ1n) is 9.65. The lowest BCUT2D eigenvalue weighted by atomic mass is 10.1. The molecule has 2 aromatic carbocycles. The van der Waals surface area contributed by atoms with Crippen LogP contribution in [-0.2, 0) is 29.3 Å². The first-order chi connectivity index (χ1) is 16.8. The molecule has 15 heteroatoms. The number of nitrogens with one attached hydrogen (secondary N) is 1. The monoisotopic (exact) mass is 537 g/mol. The van der Waals surface area contributed by atoms with Crippen LogP contribution in [0.25, 0.3) is 0 Å². The van der Waals surface area contributed by atoms with Gasteiger partial charge in [-0.2, -0.15) is 17.5 Å². The van der Waals surface area contributed by atoms with Crippen molar-refractivity contribution in [3.8, 4) is 0 Å². The Balaban J connectivity index is 2.13. The van der Waals surface area contributed by atoms with Crippen molar-refractivity contribution in [1.29, 1.82) is 0 Å². The van der Waals surface area contributed by atoms with Gasteiger partial charge in [0.2, 0.25) is 10.0 Å². The second kappa shape index (κ2) is 10.2. The van der Waals surface area contributed by atoms with Gasteiger partial charge in [0, 0.05) is 30.9 Å². The van der Waals surface area contributed by atoms with Crippen molar-refractivity contribution in [2.45, 2.75) is 24.2 Å². The topological polar surface area (TPSA) is 99.6 Å². The number of halogens is 7. The Morgan fingerprint density at radius 3 is 2.19 bits per heavy atom. The fourth-order valence-corrected chi connectivity index (χ4v) is 4.62. The van der Waals surface area contributed by atoms with Crippen LogP contribution in [0.5, 0.6) is 0 Å². The lowest BCUT2D eigenvalue weighted by Gasteiger charge is -2.24. The average molecular weight is 537 g/mol. The summed E-state index contributed by atoms with van der Waals surface area (Å²) in [6.45, 7) is -1.85. The lowest BCUT2D eigenvalue weighted by Crippen LogP contribution is -2.32. The summed E-state index contributed by atoms with van der Waals surface area (Å²) in [7, 11) is -5.29. The van der Waals surface area contributed by atoms with Crippen molar-refractivity contribution >= 4 is 15.9 Å². The number of pyridine rings is 1. The summed E-state index contributed by atoms with van der Waals surface area (Å²) in [4.78, 5) is 13.0. The maximum atomic E-state index is 14.4. The Hall–Kier alpha value is -3.56. The molecule has 0 saturated carbocycles. The van der Waals surface area contributed by atoms with E-state index in [0.29, 0.717) is 0 Å². The molecule has 0 bridgehead atoms. The average Bonchev–Trinajstić information content (AvgIpc) is 2.84. The summed E-state index contributed by atoms with van der Waals surface area (Å²) < 4.78 is 122. The molecule has 2 N–H and O–H groups in total. The van der Waals surface area contributed by atoms with E-state index in [-0.39, 0.29) is 21.5 Å². The molecule has 0 spiro atoms. The van der Waals surface area contributed by atoms with Crippen LogP contribution in [0.15, 0.2) is 53.6 Å². The number of hydrogen-bond acceptors (Lipinski definition) is 5. The van der Waals surface area contributed by atoms with Gasteiger partial charge in [-0.05, 0) is 29.3 Å². The third kappa shape index (κ3) is 5.47. The van der Waals surface area contributed by atoms with Gasteiger partial charge in [-0.25, -0.2) is 31.5 Å². The molecular weight excluding hydrogens is 523 g/mol. The van der Waals surface area contributed by atoms with Crippen LogP contribution >= 0.6 is 0 Å². The van der Waals surface area contributed by atoms with E-state index in [1.807, 2.05) is 0 Å². The molecule has 36 heavy (non-hydrogen) atoms. The third-order valence-electron chi connectivity index (χ3n) is 4.87. The molecule has 3 rings (SSSR count). The highest BCUT2D eigenvalue weighted by molar-refractivity contribution is 7.89. The van der Waals surface area contributed by atoms with Crippen molar-refractivity contribution in [2.75, 3.05) is 0 Å². The number of carbonyl (C=O) groups is 1. The molecular formula is C21H14F7N3O4S. The smallest absolute Gasteiger partial charge is 0.288 e. The minimum absolute atomic E-state index is 0.0500. The number of amides is 1. The Kier molecular flexibility index (Phi) is 7.66. The third-order valence-corrected chi connectivity index (χ3v) is 6.66. The Morgan fingerprint density at radius 1 is 0.972 bits per heavy atom. The maximum Gasteiger partial charge on any atom is 0.433 e. The molecule has 0 radical (unpaired) electrons. The second-order valence-electron chi connectivity index (χ2n) is 7.22. The van der Waals surface area contributed by atoms with Gasteiger partial charge in [0.05, 0.1) is 0 Å². The molecule has 192 valence electrons. The van der Waals surface area contributed by atoms with Gasteiger partial charge in [-0.15, -0.1) is 0 Å². The summed E-state index contributed by atoms with van der Waals surface area (Å²) in [6, 6.07) is 6.46. The van der Waals surface area contributed by atoms with Gasteiger partial charge >= 0.3 is 6.18 Å². The minimum Gasteiger partial charge on any atom is -0.288 e. The highest BCUT2D eigenvalue weighted by atomic mass is 32.2. The van der Waals surface area contributed by atoms with Crippen molar-refractivity contribution in [1.82, 2.24) is 14.8 Å². The van der Waals surface area contributed by atoms with E-state index < -0.39 is 74.6 Å². The SMILES string of the molecule is O=C(NO)c1ccc(CN(Cc2cccnc2C(F)(F)F)S(=O)(=O)c2cc(F)c(F)c(F)c2F)cc1. The number of rotatable bonds is 7. The van der Waals surface area contributed by atoms with E-state index >= 15 is 0 Å². The Morgan fingerprint density at radius 2 is 1.61 bits per heavy atom. The zero-order chi connectivity index (χ0) is 26.8. The minimum atomic E-state index is -5.29. The fraction of sp³-hybridized carbons (Fsp3) is 0.143. The molecule has 0 aliphatic rings. The molecule has 0 saturated heterocycles. The van der Waals surface area contributed by atoms with Crippen LogP contribution in [0.2, 0.25) is 0 Å². The molecule has 0 aliphatic carbocycles. The Bertz CT molecular complexity index is 1400. The summed E-state index contributed by atoms with van der Waals surface area (Å²) >= 11 is 0. The van der Waals surface area contributed by atoms with E-state index in [9.17, 15) is 43.9 Å². The fourth-order valence-electron chi connectivity index (χ4n) is 3.14. The zero-order valence-corrected chi connectivity index (χ0v) is 18.5. The zero-order valence-electron chi connectivity index (χ0n) is 17.7. The van der Waals surface area contributed by atoms with Gasteiger partial charge in [-0.3, -0.25) is 15.0 Å². The first kappa shape index (κ1) is 27.0. The van der Waals surface area contributed by atoms with Crippen molar-refractivity contribution in [2.24, 2.45) is 0 Å². The number of alkyl halides is 3. The number of benzene rings is 2. The van der Waals surface area contributed by atoms with Crippen LogP contribution in [0, 0.1) is 23.3 Å². The highest BCUT2D eigenvalue weighted by Gasteiger charge is 2.38.